The molecule has 0 saturated heterocycles. The van der Waals surface area contributed by atoms with Gasteiger partial charge < -0.3 is 5.32 Å². The Morgan fingerprint density at radius 1 is 1.28 bits per heavy atom. The molecule has 0 saturated carbocycles. The number of anilines is 1. The van der Waals surface area contributed by atoms with Gasteiger partial charge in [0.25, 0.3) is 0 Å². The highest BCUT2D eigenvalue weighted by atomic mass is 35.5. The van der Waals surface area contributed by atoms with Crippen LogP contribution >= 0.6 is 11.6 Å². The number of hydrogen-bond acceptors (Lipinski definition) is 3. The number of nitrogens with one attached hydrogen (secondary N) is 1. The topological polar surface area (TPSA) is 66.5 Å². The van der Waals surface area contributed by atoms with Gasteiger partial charge in [-0.25, -0.2) is 8.42 Å². The van der Waals surface area contributed by atoms with Gasteiger partial charge in [0.2, 0.25) is 15.9 Å². The minimum Gasteiger partial charge on any atom is -0.347 e. The van der Waals surface area contributed by atoms with Crippen molar-refractivity contribution in [2.24, 2.45) is 0 Å². The van der Waals surface area contributed by atoms with Crippen LogP contribution in [-0.4, -0.2) is 26.6 Å². The van der Waals surface area contributed by atoms with E-state index < -0.39 is 16.1 Å². The van der Waals surface area contributed by atoms with E-state index in [2.05, 4.69) is 11.4 Å². The molecule has 2 atom stereocenters. The fraction of sp³-hybridized carbons (Fsp3) is 0.409. The van der Waals surface area contributed by atoms with Crippen LogP contribution < -0.4 is 9.62 Å². The third-order valence-corrected chi connectivity index (χ3v) is 6.83. The smallest absolute Gasteiger partial charge is 0.244 e. The maximum Gasteiger partial charge on any atom is 0.244 e. The van der Waals surface area contributed by atoms with Gasteiger partial charge in [0, 0.05) is 5.02 Å². The van der Waals surface area contributed by atoms with E-state index >= 15 is 0 Å². The number of carbonyl (C=O) groups excluding carboxylic acids is 1. The molecule has 0 aromatic heterocycles. The monoisotopic (exact) mass is 434 g/mol. The summed E-state index contributed by atoms with van der Waals surface area (Å²) in [5.74, 6) is -0.293. The van der Waals surface area contributed by atoms with Gasteiger partial charge in [-0.2, -0.15) is 0 Å². The lowest BCUT2D eigenvalue weighted by molar-refractivity contribution is -0.123. The summed E-state index contributed by atoms with van der Waals surface area (Å²) in [6.07, 6.45) is 4.30. The Balaban J connectivity index is 1.94. The lowest BCUT2D eigenvalue weighted by atomic mass is 9.87. The standard InChI is InChI=1S/C22H27ClN2O3S/c1-4-20(25(29(3,27)28)21-14-17(23)13-12-15(21)2)22(26)24-19-11-7-9-16-8-5-6-10-18(16)19/h5-6,8,10,12-14,19-20H,4,7,9,11H2,1-3H3,(H,24,26)/t19-,20-/m1/s1. The zero-order chi connectivity index (χ0) is 21.2. The van der Waals surface area contributed by atoms with Crippen molar-refractivity contribution in [1.82, 2.24) is 5.32 Å². The molecule has 5 nitrogen and oxygen atoms in total. The van der Waals surface area contributed by atoms with Crippen LogP contribution in [-0.2, 0) is 21.2 Å². The largest absolute Gasteiger partial charge is 0.347 e. The second kappa shape index (κ2) is 8.76. The Hall–Kier alpha value is -2.05. The van der Waals surface area contributed by atoms with E-state index in [0.29, 0.717) is 17.1 Å². The summed E-state index contributed by atoms with van der Waals surface area (Å²) in [6, 6.07) is 12.2. The molecule has 7 heteroatoms. The van der Waals surface area contributed by atoms with Crippen LogP contribution in [0, 0.1) is 6.92 Å². The van der Waals surface area contributed by atoms with Gasteiger partial charge in [0.15, 0.2) is 0 Å². The summed E-state index contributed by atoms with van der Waals surface area (Å²) < 4.78 is 26.6. The number of amides is 1. The summed E-state index contributed by atoms with van der Waals surface area (Å²) in [7, 11) is -3.70. The summed E-state index contributed by atoms with van der Waals surface area (Å²) in [5, 5.41) is 3.53. The molecular weight excluding hydrogens is 408 g/mol. The molecule has 1 aliphatic carbocycles. The molecule has 156 valence electrons. The summed E-state index contributed by atoms with van der Waals surface area (Å²) >= 11 is 6.13. The van der Waals surface area contributed by atoms with E-state index in [0.717, 1.165) is 36.6 Å². The zero-order valence-corrected chi connectivity index (χ0v) is 18.6. The molecule has 1 amide bonds. The van der Waals surface area contributed by atoms with Crippen LogP contribution in [0.15, 0.2) is 42.5 Å². The van der Waals surface area contributed by atoms with Crippen molar-refractivity contribution in [3.63, 3.8) is 0 Å². The van der Waals surface area contributed by atoms with Gasteiger partial charge in [0.1, 0.15) is 6.04 Å². The van der Waals surface area contributed by atoms with E-state index in [9.17, 15) is 13.2 Å². The number of hydrogen-bond donors (Lipinski definition) is 1. The van der Waals surface area contributed by atoms with Crippen LogP contribution in [0.2, 0.25) is 5.02 Å². The van der Waals surface area contributed by atoms with Crippen molar-refractivity contribution in [2.45, 2.75) is 51.6 Å². The van der Waals surface area contributed by atoms with Crippen molar-refractivity contribution in [3.8, 4) is 0 Å². The summed E-state index contributed by atoms with van der Waals surface area (Å²) in [6.45, 7) is 3.63. The SMILES string of the molecule is CC[C@H](C(=O)N[C@@H]1CCCc2ccccc21)N(c1cc(Cl)ccc1C)S(C)(=O)=O. The van der Waals surface area contributed by atoms with Crippen molar-refractivity contribution in [1.29, 1.82) is 0 Å². The Bertz CT molecular complexity index is 1010. The number of fused-ring (bicyclic) bond motifs is 1. The summed E-state index contributed by atoms with van der Waals surface area (Å²) in [4.78, 5) is 13.3. The molecule has 0 spiro atoms. The average molecular weight is 435 g/mol. The Morgan fingerprint density at radius 2 is 2.00 bits per heavy atom. The second-order valence-electron chi connectivity index (χ2n) is 7.57. The predicted molar refractivity (Wildman–Crippen MR) is 118 cm³/mol. The summed E-state index contributed by atoms with van der Waals surface area (Å²) in [5.41, 5.74) is 3.54. The van der Waals surface area contributed by atoms with Crippen molar-refractivity contribution >= 4 is 33.2 Å². The second-order valence-corrected chi connectivity index (χ2v) is 9.86. The van der Waals surface area contributed by atoms with Crippen molar-refractivity contribution < 1.29 is 13.2 Å². The van der Waals surface area contributed by atoms with Crippen LogP contribution in [0.1, 0.15) is 48.9 Å². The van der Waals surface area contributed by atoms with E-state index in [1.54, 1.807) is 18.2 Å². The van der Waals surface area contributed by atoms with Gasteiger partial charge in [-0.15, -0.1) is 0 Å². The van der Waals surface area contributed by atoms with E-state index in [4.69, 9.17) is 11.6 Å². The van der Waals surface area contributed by atoms with Gasteiger partial charge in [-0.3, -0.25) is 9.10 Å². The Morgan fingerprint density at radius 3 is 2.69 bits per heavy atom. The minimum absolute atomic E-state index is 0.108. The molecular formula is C22H27ClN2O3S. The minimum atomic E-state index is -3.70. The molecule has 0 fully saturated rings. The Labute approximate surface area is 178 Å². The molecule has 0 unspecified atom stereocenters. The van der Waals surface area contributed by atoms with Gasteiger partial charge in [0.05, 0.1) is 18.0 Å². The molecule has 0 bridgehead atoms. The average Bonchev–Trinajstić information content (AvgIpc) is 2.67. The first-order valence-corrected chi connectivity index (χ1v) is 12.1. The van der Waals surface area contributed by atoms with Crippen LogP contribution in [0.3, 0.4) is 0 Å². The molecule has 2 aromatic carbocycles. The molecule has 2 aromatic rings. The first kappa shape index (κ1) is 21.7. The number of halogens is 1. The molecule has 1 aliphatic rings. The maximum absolute atomic E-state index is 13.3. The third-order valence-electron chi connectivity index (χ3n) is 5.42. The van der Waals surface area contributed by atoms with Crippen LogP contribution in [0.4, 0.5) is 5.69 Å². The highest BCUT2D eigenvalue weighted by molar-refractivity contribution is 7.92. The fourth-order valence-electron chi connectivity index (χ4n) is 4.03. The van der Waals surface area contributed by atoms with E-state index in [1.165, 1.54) is 9.87 Å². The highest BCUT2D eigenvalue weighted by Gasteiger charge is 2.34. The lowest BCUT2D eigenvalue weighted by Crippen LogP contribution is -2.50. The number of aryl methyl sites for hydroxylation is 2. The number of benzene rings is 2. The lowest BCUT2D eigenvalue weighted by Gasteiger charge is -2.33. The number of nitrogens with zero attached hydrogens (tertiary/aromatic N) is 1. The zero-order valence-electron chi connectivity index (χ0n) is 17.0. The number of rotatable bonds is 6. The maximum atomic E-state index is 13.3. The Kier molecular flexibility index (Phi) is 6.54. The van der Waals surface area contributed by atoms with E-state index in [1.807, 2.05) is 32.0 Å². The predicted octanol–water partition coefficient (Wildman–Crippen LogP) is 4.39. The molecule has 0 aliphatic heterocycles. The van der Waals surface area contributed by atoms with Gasteiger partial charge in [-0.1, -0.05) is 48.9 Å². The van der Waals surface area contributed by atoms with Gasteiger partial charge >= 0.3 is 0 Å². The van der Waals surface area contributed by atoms with E-state index in [-0.39, 0.29) is 11.9 Å². The first-order valence-electron chi connectivity index (χ1n) is 9.86. The van der Waals surface area contributed by atoms with Crippen molar-refractivity contribution in [2.75, 3.05) is 10.6 Å². The van der Waals surface area contributed by atoms with Crippen LogP contribution in [0.5, 0.6) is 0 Å². The fourth-order valence-corrected chi connectivity index (χ4v) is 5.45. The molecule has 3 rings (SSSR count). The molecule has 1 N–H and O–H groups in total. The normalized spacial score (nSPS) is 17.3. The molecule has 29 heavy (non-hydrogen) atoms. The third kappa shape index (κ3) is 4.75. The quantitative estimate of drug-likeness (QED) is 0.733. The first-order chi connectivity index (χ1) is 13.7. The molecule has 0 radical (unpaired) electrons. The van der Waals surface area contributed by atoms with Crippen molar-refractivity contribution in [3.05, 3.63) is 64.2 Å². The molecule has 0 heterocycles. The number of sulfonamides is 1. The number of carbonyl (C=O) groups is 1. The highest BCUT2D eigenvalue weighted by Crippen LogP contribution is 2.32. The van der Waals surface area contributed by atoms with Crippen LogP contribution in [0.25, 0.3) is 0 Å². The van der Waals surface area contributed by atoms with Gasteiger partial charge in [-0.05, 0) is 61.4 Å².